The molecule has 0 N–H and O–H groups in total. The van der Waals surface area contributed by atoms with Gasteiger partial charge in [-0.25, -0.2) is 29.9 Å². The maximum atomic E-state index is 11.3. The second-order valence-corrected chi connectivity index (χ2v) is 32.4. The number of hydrogen-bond acceptors (Lipinski definition) is 7. The van der Waals surface area contributed by atoms with Gasteiger partial charge in [0.25, 0.3) is 0 Å². The van der Waals surface area contributed by atoms with E-state index in [9.17, 15) is 5.26 Å². The molecular weight excluding hydrogens is 1530 g/mol. The van der Waals surface area contributed by atoms with Crippen LogP contribution >= 0.6 is 0 Å². The van der Waals surface area contributed by atoms with Crippen LogP contribution < -0.4 is 0 Å². The Morgan fingerprint density at radius 2 is 0.460 bits per heavy atom. The van der Waals surface area contributed by atoms with E-state index in [1.54, 1.807) is 0 Å². The van der Waals surface area contributed by atoms with Crippen molar-refractivity contribution in [1.29, 1.82) is 5.26 Å². The topological polar surface area (TPSA) is 101 Å². The molecule has 0 unspecified atom stereocenters. The average Bonchev–Trinajstić information content (AvgIpc) is 1.52. The largest absolute Gasteiger partial charge is 0.208 e. The van der Waals surface area contributed by atoms with Crippen LogP contribution in [0.4, 0.5) is 0 Å². The lowest BCUT2D eigenvalue weighted by atomic mass is 9.79. The number of aromatic nitrogens is 6. The fourth-order valence-corrected chi connectivity index (χ4v) is 19.8. The normalized spacial score (nSPS) is 11.6. The third-order valence-corrected chi connectivity index (χ3v) is 25.3. The summed E-state index contributed by atoms with van der Waals surface area (Å²) in [4.78, 5) is 31.2. The Labute approximate surface area is 728 Å². The zero-order valence-corrected chi connectivity index (χ0v) is 68.1. The number of nitrogens with zero attached hydrogens (tertiary/aromatic N) is 7. The highest BCUT2D eigenvalue weighted by Gasteiger charge is 2.36. The van der Waals surface area contributed by atoms with E-state index in [1.165, 1.54) is 27.6 Å². The highest BCUT2D eigenvalue weighted by molar-refractivity contribution is 6.29. The van der Waals surface area contributed by atoms with Gasteiger partial charge in [0.15, 0.2) is 34.9 Å². The fourth-order valence-electron chi connectivity index (χ4n) is 19.8. The van der Waals surface area contributed by atoms with E-state index in [1.807, 2.05) is 78.9 Å². The Morgan fingerprint density at radius 1 is 0.151 bits per heavy atom. The monoisotopic (exact) mass is 1600 g/mol. The van der Waals surface area contributed by atoms with Gasteiger partial charge in [-0.15, -0.1) is 0 Å². The summed E-state index contributed by atoms with van der Waals surface area (Å²) in [6.07, 6.45) is 0. The first-order valence-electron chi connectivity index (χ1n) is 42.7. The van der Waals surface area contributed by atoms with E-state index in [0.717, 1.165) is 193 Å². The minimum Gasteiger partial charge on any atom is -0.208 e. The molecule has 0 aliphatic heterocycles. The van der Waals surface area contributed by atoms with Gasteiger partial charge in [0.05, 0.1) is 11.6 Å². The number of rotatable bonds is 15. The molecule has 0 saturated heterocycles. The van der Waals surface area contributed by atoms with Crippen LogP contribution in [0.15, 0.2) is 431 Å². The summed E-state index contributed by atoms with van der Waals surface area (Å²) >= 11 is 0. The van der Waals surface area contributed by atoms with Gasteiger partial charge >= 0.3 is 0 Å². The Bertz CT molecular complexity index is 8090. The van der Waals surface area contributed by atoms with Gasteiger partial charge < -0.3 is 0 Å². The van der Waals surface area contributed by atoms with Crippen LogP contribution in [-0.2, 0) is 0 Å². The second-order valence-electron chi connectivity index (χ2n) is 32.4. The van der Waals surface area contributed by atoms with Crippen molar-refractivity contribution >= 4 is 43.1 Å². The second kappa shape index (κ2) is 30.3. The average molecular weight is 1600 g/mol. The Kier molecular flexibility index (Phi) is 17.5. The first-order chi connectivity index (χ1) is 62.5. The predicted octanol–water partition coefficient (Wildman–Crippen LogP) is 30.8. The maximum absolute atomic E-state index is 11.3. The van der Waals surface area contributed by atoms with Crippen LogP contribution in [-0.4, -0.2) is 29.9 Å². The SMILES string of the molecule is N#Cc1cc(-c2ccccc2)c2c(c1-c1ccccc1)-c1cccc3c(-c4c(-c5ccc(-c6nc(-c7ccccc7)nc(-c7ccccc7)n6)cc5)cc(-c5cc(-c6ccccc6)c6c(c5-c5ccccc5)-c5ccc(-c7c(-c8cccc(-c9nc(-c%10ccccc%10)nc(-c%10ccccc%10)n9)c8)ccc8ccccc78)c7cccc-6c57)c5ccccc45)ccc-2c13. The van der Waals surface area contributed by atoms with E-state index >= 15 is 0 Å². The first kappa shape index (κ1) is 72.9. The quantitative estimate of drug-likeness (QED) is 0.101. The fraction of sp³-hybridized carbons (Fsp3) is 0. The lowest BCUT2D eigenvalue weighted by molar-refractivity contribution is 1.07. The Morgan fingerprint density at radius 3 is 0.960 bits per heavy atom. The van der Waals surface area contributed by atoms with E-state index in [0.29, 0.717) is 40.5 Å². The van der Waals surface area contributed by atoms with Gasteiger partial charge in [0, 0.05) is 38.9 Å². The highest BCUT2D eigenvalue weighted by Crippen LogP contribution is 2.62. The van der Waals surface area contributed by atoms with Crippen molar-refractivity contribution in [1.82, 2.24) is 29.9 Å². The minimum absolute atomic E-state index is 0.572. The summed E-state index contributed by atoms with van der Waals surface area (Å²) in [5.41, 5.74) is 34.5. The molecule has 2 aromatic heterocycles. The van der Waals surface area contributed by atoms with Gasteiger partial charge in [0.1, 0.15) is 0 Å². The molecule has 0 bridgehead atoms. The van der Waals surface area contributed by atoms with Crippen molar-refractivity contribution in [3.8, 4) is 219 Å². The summed E-state index contributed by atoms with van der Waals surface area (Å²) in [7, 11) is 0. The molecule has 0 amide bonds. The van der Waals surface area contributed by atoms with Gasteiger partial charge in [-0.05, 0) is 206 Å². The molecule has 0 saturated carbocycles. The standard InChI is InChI=1S/C119H71N7/c120-72-86-69-99(73-32-9-1-10-33-73)111-97-66-64-94(92-55-31-57-96(109(92)97)112(111)104(86)77-37-13-3-14-38-77)107-90-53-28-27-52-89(90)102(70-100(107)76-58-60-83(61-59-76)118-123-114(79-41-17-5-18-42-79)121-115(124-118)80-43-19-6-20-44-80)103-71-101(74-34-11-2-12-35-74)110-95-56-30-54-91-93(65-67-98(108(91)95)113(110)105(103)78-39-15-4-16-40-78)106-87-51-26-25-36-75(87)62-63-88(106)84-49-29-50-85(68-84)119-125-116(81-45-21-7-22-46-81)122-117(126-119)82-47-23-8-24-48-82/h1-71H. The number of benzene rings is 20. The van der Waals surface area contributed by atoms with Crippen molar-refractivity contribution in [2.45, 2.75) is 0 Å². The summed E-state index contributed by atoms with van der Waals surface area (Å²) in [5.74, 6) is 3.58. The molecule has 126 heavy (non-hydrogen) atoms. The van der Waals surface area contributed by atoms with Crippen LogP contribution in [0.2, 0.25) is 0 Å². The van der Waals surface area contributed by atoms with Gasteiger partial charge in [-0.3, -0.25) is 0 Å². The molecule has 22 aromatic rings. The predicted molar refractivity (Wildman–Crippen MR) is 518 cm³/mol. The number of hydrogen-bond donors (Lipinski definition) is 0. The third kappa shape index (κ3) is 12.2. The zero-order valence-electron chi connectivity index (χ0n) is 68.1. The lowest BCUT2D eigenvalue weighted by Crippen LogP contribution is -2.00. The molecule has 20 aromatic carbocycles. The van der Waals surface area contributed by atoms with E-state index in [2.05, 4.69) is 358 Å². The summed E-state index contributed by atoms with van der Waals surface area (Å²) in [6, 6.07) is 157. The third-order valence-electron chi connectivity index (χ3n) is 25.3. The summed E-state index contributed by atoms with van der Waals surface area (Å²) in [5, 5.41) is 20.5. The molecule has 24 rings (SSSR count). The summed E-state index contributed by atoms with van der Waals surface area (Å²) < 4.78 is 0. The molecule has 2 aliphatic carbocycles. The molecule has 2 heterocycles. The van der Waals surface area contributed by atoms with Crippen LogP contribution in [0.3, 0.4) is 0 Å². The molecule has 0 fully saturated rings. The van der Waals surface area contributed by atoms with Gasteiger partial charge in [0.2, 0.25) is 0 Å². The van der Waals surface area contributed by atoms with Crippen LogP contribution in [0.1, 0.15) is 5.56 Å². The van der Waals surface area contributed by atoms with Crippen molar-refractivity contribution in [3.63, 3.8) is 0 Å². The van der Waals surface area contributed by atoms with Crippen LogP contribution in [0.5, 0.6) is 0 Å². The van der Waals surface area contributed by atoms with Crippen LogP contribution in [0.25, 0.3) is 256 Å². The van der Waals surface area contributed by atoms with Crippen LogP contribution in [0, 0.1) is 11.3 Å². The molecule has 582 valence electrons. The maximum Gasteiger partial charge on any atom is 0.164 e. The summed E-state index contributed by atoms with van der Waals surface area (Å²) in [6.45, 7) is 0. The number of fused-ring (bicyclic) bond motifs is 8. The highest BCUT2D eigenvalue weighted by atomic mass is 15.0. The Balaban J connectivity index is 0.743. The smallest absolute Gasteiger partial charge is 0.164 e. The van der Waals surface area contributed by atoms with Crippen molar-refractivity contribution in [2.24, 2.45) is 0 Å². The van der Waals surface area contributed by atoms with Gasteiger partial charge in [-0.2, -0.15) is 5.26 Å². The molecule has 7 nitrogen and oxygen atoms in total. The molecule has 7 heteroatoms. The van der Waals surface area contributed by atoms with Crippen molar-refractivity contribution < 1.29 is 0 Å². The zero-order chi connectivity index (χ0) is 83.3. The van der Waals surface area contributed by atoms with Crippen molar-refractivity contribution in [3.05, 3.63) is 436 Å². The molecule has 0 atom stereocenters. The van der Waals surface area contributed by atoms with Crippen molar-refractivity contribution in [2.75, 3.05) is 0 Å². The van der Waals surface area contributed by atoms with E-state index in [-0.39, 0.29) is 0 Å². The Hall–Kier alpha value is -17.1. The van der Waals surface area contributed by atoms with E-state index in [4.69, 9.17) is 29.9 Å². The molecule has 0 spiro atoms. The van der Waals surface area contributed by atoms with E-state index < -0.39 is 0 Å². The molecule has 0 radical (unpaired) electrons. The first-order valence-corrected chi connectivity index (χ1v) is 42.7. The van der Waals surface area contributed by atoms with Gasteiger partial charge in [-0.1, -0.05) is 406 Å². The number of nitriles is 1. The molecule has 2 aliphatic rings. The lowest BCUT2D eigenvalue weighted by Gasteiger charge is -2.24. The molecular formula is C119H71N7. The minimum atomic E-state index is 0.572.